The van der Waals surface area contributed by atoms with Gasteiger partial charge in [-0.1, -0.05) is 35.9 Å². The van der Waals surface area contributed by atoms with Crippen molar-refractivity contribution >= 4 is 41.5 Å². The predicted octanol–water partition coefficient (Wildman–Crippen LogP) is 4.46. The highest BCUT2D eigenvalue weighted by molar-refractivity contribution is 14.0. The molecule has 3 N–H and O–H groups in total. The first-order chi connectivity index (χ1) is 13.0. The molecule has 28 heavy (non-hydrogen) atoms. The third-order valence-electron chi connectivity index (χ3n) is 4.06. The van der Waals surface area contributed by atoms with Crippen LogP contribution in [-0.4, -0.2) is 31.3 Å². The standard InChI is InChI=1S/C20H25ClFN3O2.HI/c1-4-23-20(24-12-18(26)15-7-5-6-8-16(15)21)25-13(2)14-9-10-19(27-3)17(22)11-14;/h5-11,13,18,26H,4,12H2,1-3H3,(H2,23,24,25);1H. The van der Waals surface area contributed by atoms with E-state index in [2.05, 4.69) is 15.6 Å². The van der Waals surface area contributed by atoms with Gasteiger partial charge >= 0.3 is 0 Å². The Morgan fingerprint density at radius 1 is 1.29 bits per heavy atom. The second-order valence-electron chi connectivity index (χ2n) is 6.02. The minimum Gasteiger partial charge on any atom is -0.494 e. The average Bonchev–Trinajstić information content (AvgIpc) is 2.66. The fourth-order valence-electron chi connectivity index (χ4n) is 2.58. The summed E-state index contributed by atoms with van der Waals surface area (Å²) >= 11 is 6.11. The lowest BCUT2D eigenvalue weighted by molar-refractivity contribution is 0.187. The lowest BCUT2D eigenvalue weighted by Crippen LogP contribution is -2.39. The Bertz CT molecular complexity index is 792. The number of hydrogen-bond acceptors (Lipinski definition) is 3. The molecule has 0 heterocycles. The van der Waals surface area contributed by atoms with Crippen LogP contribution in [-0.2, 0) is 0 Å². The maximum absolute atomic E-state index is 13.9. The summed E-state index contributed by atoms with van der Waals surface area (Å²) in [6.07, 6.45) is -0.817. The van der Waals surface area contributed by atoms with Crippen molar-refractivity contribution in [2.75, 3.05) is 20.2 Å². The lowest BCUT2D eigenvalue weighted by Gasteiger charge is -2.19. The van der Waals surface area contributed by atoms with Gasteiger partial charge < -0.3 is 20.5 Å². The summed E-state index contributed by atoms with van der Waals surface area (Å²) in [6.45, 7) is 4.64. The van der Waals surface area contributed by atoms with Crippen LogP contribution in [0.3, 0.4) is 0 Å². The van der Waals surface area contributed by atoms with Crippen molar-refractivity contribution in [2.24, 2.45) is 4.99 Å². The molecule has 8 heteroatoms. The van der Waals surface area contributed by atoms with E-state index in [1.807, 2.05) is 26.0 Å². The molecule has 0 amide bonds. The zero-order valence-electron chi connectivity index (χ0n) is 16.1. The van der Waals surface area contributed by atoms with E-state index in [0.717, 1.165) is 5.56 Å². The van der Waals surface area contributed by atoms with Crippen LogP contribution in [0.5, 0.6) is 5.75 Å². The summed E-state index contributed by atoms with van der Waals surface area (Å²) < 4.78 is 18.9. The van der Waals surface area contributed by atoms with Crippen LogP contribution >= 0.6 is 35.6 Å². The molecule has 0 aliphatic rings. The SMILES string of the molecule is CCNC(=NCC(O)c1ccccc1Cl)NC(C)c1ccc(OC)c(F)c1.I. The predicted molar refractivity (Wildman–Crippen MR) is 122 cm³/mol. The van der Waals surface area contributed by atoms with Crippen LogP contribution in [0, 0.1) is 5.82 Å². The van der Waals surface area contributed by atoms with Gasteiger partial charge in [0.2, 0.25) is 0 Å². The van der Waals surface area contributed by atoms with Crippen LogP contribution in [0.15, 0.2) is 47.5 Å². The third-order valence-corrected chi connectivity index (χ3v) is 4.40. The molecule has 2 rings (SSSR count). The molecule has 0 fully saturated rings. The Morgan fingerprint density at radius 2 is 2.00 bits per heavy atom. The van der Waals surface area contributed by atoms with Crippen LogP contribution in [0.25, 0.3) is 0 Å². The molecule has 0 aromatic heterocycles. The highest BCUT2D eigenvalue weighted by atomic mass is 127. The number of benzene rings is 2. The van der Waals surface area contributed by atoms with E-state index in [4.69, 9.17) is 16.3 Å². The zero-order chi connectivity index (χ0) is 19.8. The maximum Gasteiger partial charge on any atom is 0.191 e. The van der Waals surface area contributed by atoms with Crippen molar-refractivity contribution in [3.8, 4) is 5.75 Å². The maximum atomic E-state index is 13.9. The Kier molecular flexibility index (Phi) is 10.6. The van der Waals surface area contributed by atoms with Gasteiger partial charge in [0.05, 0.1) is 19.7 Å². The van der Waals surface area contributed by atoms with Gasteiger partial charge in [0, 0.05) is 17.1 Å². The van der Waals surface area contributed by atoms with Crippen molar-refractivity contribution in [3.05, 3.63) is 64.4 Å². The Balaban J connectivity index is 0.00000392. The molecular weight excluding hydrogens is 496 g/mol. The van der Waals surface area contributed by atoms with Gasteiger partial charge in [0.25, 0.3) is 0 Å². The molecule has 0 radical (unpaired) electrons. The van der Waals surface area contributed by atoms with Crippen molar-refractivity contribution < 1.29 is 14.2 Å². The first-order valence-electron chi connectivity index (χ1n) is 8.77. The first-order valence-corrected chi connectivity index (χ1v) is 9.14. The lowest BCUT2D eigenvalue weighted by atomic mass is 10.1. The van der Waals surface area contributed by atoms with E-state index < -0.39 is 11.9 Å². The van der Waals surface area contributed by atoms with Gasteiger partial charge in [-0.15, -0.1) is 24.0 Å². The highest BCUT2D eigenvalue weighted by Crippen LogP contribution is 2.23. The van der Waals surface area contributed by atoms with Crippen LogP contribution in [0.1, 0.15) is 37.1 Å². The van der Waals surface area contributed by atoms with Crippen LogP contribution < -0.4 is 15.4 Å². The van der Waals surface area contributed by atoms with Crippen molar-refractivity contribution in [3.63, 3.8) is 0 Å². The average molecular weight is 522 g/mol. The molecule has 0 aliphatic heterocycles. The summed E-state index contributed by atoms with van der Waals surface area (Å²) in [4.78, 5) is 4.42. The van der Waals surface area contributed by atoms with Gasteiger partial charge in [0.1, 0.15) is 6.10 Å². The number of halogens is 3. The van der Waals surface area contributed by atoms with Gasteiger partial charge in [-0.25, -0.2) is 4.39 Å². The number of guanidine groups is 1. The largest absolute Gasteiger partial charge is 0.494 e. The number of nitrogens with zero attached hydrogens (tertiary/aromatic N) is 1. The summed E-state index contributed by atoms with van der Waals surface area (Å²) in [7, 11) is 1.43. The molecule has 2 atom stereocenters. The number of aliphatic imine (C=N–C) groups is 1. The molecule has 0 saturated heterocycles. The third kappa shape index (κ3) is 6.79. The number of methoxy groups -OCH3 is 1. The molecule has 2 unspecified atom stereocenters. The van der Waals surface area contributed by atoms with Gasteiger partial charge in [-0.3, -0.25) is 4.99 Å². The molecule has 5 nitrogen and oxygen atoms in total. The van der Waals surface area contributed by atoms with Crippen molar-refractivity contribution in [1.29, 1.82) is 0 Å². The number of nitrogens with one attached hydrogen (secondary N) is 2. The van der Waals surface area contributed by atoms with Gasteiger partial charge in [0.15, 0.2) is 17.5 Å². The minimum absolute atomic E-state index is 0. The molecule has 0 aliphatic carbocycles. The Hall–Kier alpha value is -1.58. The monoisotopic (exact) mass is 521 g/mol. The van der Waals surface area contributed by atoms with Crippen LogP contribution in [0.4, 0.5) is 4.39 Å². The summed E-state index contributed by atoms with van der Waals surface area (Å²) in [5, 5.41) is 17.2. The molecule has 0 saturated carbocycles. The smallest absolute Gasteiger partial charge is 0.191 e. The number of aliphatic hydroxyl groups excluding tert-OH is 1. The van der Waals surface area contributed by atoms with E-state index in [0.29, 0.717) is 23.1 Å². The number of rotatable bonds is 7. The second-order valence-corrected chi connectivity index (χ2v) is 6.42. The Morgan fingerprint density at radius 3 is 2.61 bits per heavy atom. The molecule has 154 valence electrons. The van der Waals surface area contributed by atoms with Crippen molar-refractivity contribution in [2.45, 2.75) is 26.0 Å². The Labute approximate surface area is 187 Å². The van der Waals surface area contributed by atoms with E-state index in [1.54, 1.807) is 24.3 Å². The number of hydrogen-bond donors (Lipinski definition) is 3. The van der Waals surface area contributed by atoms with Gasteiger partial charge in [-0.05, 0) is 37.6 Å². The van der Waals surface area contributed by atoms with E-state index in [1.165, 1.54) is 13.2 Å². The fourth-order valence-corrected chi connectivity index (χ4v) is 2.84. The minimum atomic E-state index is -0.817. The molecule has 2 aromatic rings. The topological polar surface area (TPSA) is 65.9 Å². The summed E-state index contributed by atoms with van der Waals surface area (Å²) in [5.41, 5.74) is 1.38. The van der Waals surface area contributed by atoms with Gasteiger partial charge in [-0.2, -0.15) is 0 Å². The fraction of sp³-hybridized carbons (Fsp3) is 0.350. The number of aliphatic hydroxyl groups is 1. The van der Waals surface area contributed by atoms with E-state index in [-0.39, 0.29) is 42.3 Å². The zero-order valence-corrected chi connectivity index (χ0v) is 19.2. The van der Waals surface area contributed by atoms with Crippen LogP contribution in [0.2, 0.25) is 5.02 Å². The van der Waals surface area contributed by atoms with E-state index >= 15 is 0 Å². The highest BCUT2D eigenvalue weighted by Gasteiger charge is 2.13. The normalized spacial score (nSPS) is 13.3. The molecular formula is C20H26ClFIN3O2. The van der Waals surface area contributed by atoms with E-state index in [9.17, 15) is 9.50 Å². The molecule has 2 aromatic carbocycles. The second kappa shape index (κ2) is 12.1. The molecule has 0 bridgehead atoms. The van der Waals surface area contributed by atoms with Crippen molar-refractivity contribution in [1.82, 2.24) is 10.6 Å². The molecule has 0 spiro atoms. The summed E-state index contributed by atoms with van der Waals surface area (Å²) in [6, 6.07) is 11.7. The first kappa shape index (κ1) is 24.5. The summed E-state index contributed by atoms with van der Waals surface area (Å²) in [5.74, 6) is 0.307. The number of ether oxygens (including phenoxy) is 1. The quantitative estimate of drug-likeness (QED) is 0.286.